The largest absolute Gasteiger partial charge is 0.389 e. The van der Waals surface area contributed by atoms with Crippen LogP contribution in [0.25, 0.3) is 0 Å². The lowest BCUT2D eigenvalue weighted by Gasteiger charge is -2.33. The van der Waals surface area contributed by atoms with Crippen molar-refractivity contribution in [2.75, 3.05) is 13.2 Å². The Morgan fingerprint density at radius 1 is 1.14 bits per heavy atom. The zero-order chi connectivity index (χ0) is 14.3. The summed E-state index contributed by atoms with van der Waals surface area (Å²) in [6.07, 6.45) is 17.0. The van der Waals surface area contributed by atoms with Crippen molar-refractivity contribution in [3.8, 4) is 12.3 Å². The number of hydrogen-bond acceptors (Lipinski definition) is 3. The molecule has 0 amide bonds. The molecule has 2 N–H and O–H groups in total. The van der Waals surface area contributed by atoms with Gasteiger partial charge in [-0.05, 0) is 38.5 Å². The van der Waals surface area contributed by atoms with Gasteiger partial charge in [-0.2, -0.15) is 0 Å². The van der Waals surface area contributed by atoms with Crippen LogP contribution in [0.4, 0.5) is 0 Å². The number of halogens is 1. The van der Waals surface area contributed by atoms with Gasteiger partial charge in [-0.3, -0.25) is 0 Å². The average Bonchev–Trinajstić information content (AvgIpc) is 2.53. The summed E-state index contributed by atoms with van der Waals surface area (Å²) in [6, 6.07) is 0.578. The third-order valence-electron chi connectivity index (χ3n) is 4.72. The van der Waals surface area contributed by atoms with Crippen molar-refractivity contribution in [3.05, 3.63) is 0 Å². The first kappa shape index (κ1) is 18.8. The Morgan fingerprint density at radius 3 is 2.38 bits per heavy atom. The summed E-state index contributed by atoms with van der Waals surface area (Å²) in [4.78, 5) is 0. The van der Waals surface area contributed by atoms with Crippen molar-refractivity contribution in [1.82, 2.24) is 5.32 Å². The molecule has 122 valence electrons. The van der Waals surface area contributed by atoms with Crippen LogP contribution < -0.4 is 5.32 Å². The van der Waals surface area contributed by atoms with Gasteiger partial charge in [-0.25, -0.2) is 0 Å². The van der Waals surface area contributed by atoms with Gasteiger partial charge in [0.15, 0.2) is 0 Å². The minimum Gasteiger partial charge on any atom is -0.389 e. The molecule has 0 aromatic rings. The standard InChI is InChI=1S/C17H29NO2.ClH/c1-2-17(11-7-4-8-12-17)20-14-16(19)13-18-15-9-5-3-6-10-15;/h1,15-16,18-19H,3-14H2;1H. The first-order valence-electron chi connectivity index (χ1n) is 8.27. The third-order valence-corrected chi connectivity index (χ3v) is 4.72. The summed E-state index contributed by atoms with van der Waals surface area (Å²) in [6.45, 7) is 0.967. The summed E-state index contributed by atoms with van der Waals surface area (Å²) in [5, 5.41) is 13.5. The van der Waals surface area contributed by atoms with E-state index in [0.717, 1.165) is 25.7 Å². The zero-order valence-electron chi connectivity index (χ0n) is 13.0. The van der Waals surface area contributed by atoms with E-state index < -0.39 is 11.7 Å². The summed E-state index contributed by atoms with van der Waals surface area (Å²) < 4.78 is 5.90. The maximum Gasteiger partial charge on any atom is 0.128 e. The van der Waals surface area contributed by atoms with Crippen LogP contribution in [0.1, 0.15) is 64.2 Å². The van der Waals surface area contributed by atoms with E-state index in [0.29, 0.717) is 19.2 Å². The molecular formula is C17H30ClNO2. The van der Waals surface area contributed by atoms with Gasteiger partial charge in [-0.1, -0.05) is 31.6 Å². The fourth-order valence-corrected chi connectivity index (χ4v) is 3.38. The third kappa shape index (κ3) is 6.16. The minimum absolute atomic E-state index is 0. The molecule has 2 aliphatic rings. The zero-order valence-corrected chi connectivity index (χ0v) is 13.8. The molecule has 21 heavy (non-hydrogen) atoms. The van der Waals surface area contributed by atoms with Gasteiger partial charge < -0.3 is 15.2 Å². The van der Waals surface area contributed by atoms with Crippen LogP contribution in [0.5, 0.6) is 0 Å². The Kier molecular flexibility index (Phi) is 8.66. The molecule has 0 heterocycles. The van der Waals surface area contributed by atoms with E-state index in [1.54, 1.807) is 0 Å². The lowest BCUT2D eigenvalue weighted by molar-refractivity contribution is -0.0635. The second kappa shape index (κ2) is 9.69. The molecule has 2 aliphatic carbocycles. The lowest BCUT2D eigenvalue weighted by atomic mass is 9.85. The topological polar surface area (TPSA) is 41.5 Å². The molecule has 0 saturated heterocycles. The monoisotopic (exact) mass is 315 g/mol. The Labute approximate surface area is 135 Å². The van der Waals surface area contributed by atoms with E-state index in [9.17, 15) is 5.11 Å². The van der Waals surface area contributed by atoms with E-state index in [1.165, 1.54) is 38.5 Å². The predicted molar refractivity (Wildman–Crippen MR) is 88.7 cm³/mol. The highest BCUT2D eigenvalue weighted by atomic mass is 35.5. The van der Waals surface area contributed by atoms with Gasteiger partial charge >= 0.3 is 0 Å². The number of aliphatic hydroxyl groups is 1. The molecule has 3 nitrogen and oxygen atoms in total. The maximum absolute atomic E-state index is 10.1. The molecule has 0 aromatic carbocycles. The molecule has 1 unspecified atom stereocenters. The van der Waals surface area contributed by atoms with Crippen LogP contribution in [0.2, 0.25) is 0 Å². The molecule has 0 aliphatic heterocycles. The Hall–Kier alpha value is -0.270. The fourth-order valence-electron chi connectivity index (χ4n) is 3.38. The van der Waals surface area contributed by atoms with Crippen LogP contribution >= 0.6 is 12.4 Å². The quantitative estimate of drug-likeness (QED) is 0.740. The highest BCUT2D eigenvalue weighted by Crippen LogP contribution is 2.31. The van der Waals surface area contributed by atoms with Crippen molar-refractivity contribution in [2.45, 2.75) is 82.0 Å². The van der Waals surface area contributed by atoms with Gasteiger partial charge in [0.2, 0.25) is 0 Å². The summed E-state index contributed by atoms with van der Waals surface area (Å²) in [7, 11) is 0. The second-order valence-corrected chi connectivity index (χ2v) is 6.41. The molecular weight excluding hydrogens is 286 g/mol. The van der Waals surface area contributed by atoms with Crippen molar-refractivity contribution in [2.24, 2.45) is 0 Å². The van der Waals surface area contributed by atoms with E-state index >= 15 is 0 Å². The first-order valence-corrected chi connectivity index (χ1v) is 8.27. The Balaban J connectivity index is 0.00000220. The van der Waals surface area contributed by atoms with Gasteiger partial charge in [0, 0.05) is 12.6 Å². The van der Waals surface area contributed by atoms with Crippen molar-refractivity contribution >= 4 is 12.4 Å². The highest BCUT2D eigenvalue weighted by molar-refractivity contribution is 5.85. The van der Waals surface area contributed by atoms with Crippen LogP contribution in [0, 0.1) is 12.3 Å². The average molecular weight is 316 g/mol. The van der Waals surface area contributed by atoms with Crippen LogP contribution in [0.15, 0.2) is 0 Å². The summed E-state index contributed by atoms with van der Waals surface area (Å²) >= 11 is 0. The molecule has 2 rings (SSSR count). The van der Waals surface area contributed by atoms with Gasteiger partial charge in [0.1, 0.15) is 5.60 Å². The van der Waals surface area contributed by atoms with Gasteiger partial charge in [-0.15, -0.1) is 18.8 Å². The van der Waals surface area contributed by atoms with Crippen molar-refractivity contribution in [3.63, 3.8) is 0 Å². The van der Waals surface area contributed by atoms with Crippen molar-refractivity contribution in [1.29, 1.82) is 0 Å². The smallest absolute Gasteiger partial charge is 0.128 e. The van der Waals surface area contributed by atoms with E-state index in [2.05, 4.69) is 11.2 Å². The molecule has 2 fully saturated rings. The number of terminal acetylenes is 1. The van der Waals surface area contributed by atoms with Crippen LogP contribution in [-0.4, -0.2) is 36.0 Å². The number of rotatable bonds is 6. The lowest BCUT2D eigenvalue weighted by Crippen LogP contribution is -2.41. The van der Waals surface area contributed by atoms with Gasteiger partial charge in [0.25, 0.3) is 0 Å². The predicted octanol–water partition coefficient (Wildman–Crippen LogP) is 3.04. The van der Waals surface area contributed by atoms with Crippen molar-refractivity contribution < 1.29 is 9.84 Å². The normalized spacial score (nSPS) is 23.8. The van der Waals surface area contributed by atoms with Gasteiger partial charge in [0.05, 0.1) is 12.7 Å². The van der Waals surface area contributed by atoms with E-state index in [4.69, 9.17) is 11.2 Å². The number of hydrogen-bond donors (Lipinski definition) is 2. The summed E-state index contributed by atoms with van der Waals surface area (Å²) in [5.41, 5.74) is -0.413. The molecule has 2 saturated carbocycles. The SMILES string of the molecule is C#CC1(OCC(O)CNC2CCCCC2)CCCCC1.Cl. The Bertz CT molecular complexity index is 317. The number of nitrogens with one attached hydrogen (secondary N) is 1. The highest BCUT2D eigenvalue weighted by Gasteiger charge is 2.31. The van der Waals surface area contributed by atoms with E-state index in [-0.39, 0.29) is 12.4 Å². The molecule has 4 heteroatoms. The van der Waals surface area contributed by atoms with Crippen LogP contribution in [0.3, 0.4) is 0 Å². The number of ether oxygens (including phenoxy) is 1. The van der Waals surface area contributed by atoms with E-state index in [1.807, 2.05) is 0 Å². The number of aliphatic hydroxyl groups excluding tert-OH is 1. The maximum atomic E-state index is 10.1. The summed E-state index contributed by atoms with van der Waals surface area (Å²) in [5.74, 6) is 2.82. The molecule has 0 radical (unpaired) electrons. The molecule has 0 aromatic heterocycles. The molecule has 0 spiro atoms. The molecule has 1 atom stereocenters. The molecule has 0 bridgehead atoms. The Morgan fingerprint density at radius 2 is 1.76 bits per heavy atom. The fraction of sp³-hybridized carbons (Fsp3) is 0.882. The second-order valence-electron chi connectivity index (χ2n) is 6.41. The van der Waals surface area contributed by atoms with Crippen LogP contribution in [-0.2, 0) is 4.74 Å². The first-order chi connectivity index (χ1) is 9.74. The minimum atomic E-state index is -0.455.